The van der Waals surface area contributed by atoms with E-state index in [4.69, 9.17) is 14.4 Å². The summed E-state index contributed by atoms with van der Waals surface area (Å²) in [5.41, 5.74) is 11.1. The van der Waals surface area contributed by atoms with E-state index >= 15 is 0 Å². The highest BCUT2D eigenvalue weighted by molar-refractivity contribution is 6.06. The maximum Gasteiger partial charge on any atom is 0.161 e. The normalized spacial score (nSPS) is 11.5. The van der Waals surface area contributed by atoms with Crippen LogP contribution in [0.2, 0.25) is 0 Å². The summed E-state index contributed by atoms with van der Waals surface area (Å²) in [5, 5.41) is 6.88. The zero-order valence-corrected chi connectivity index (χ0v) is 27.6. The molecule has 0 aliphatic carbocycles. The van der Waals surface area contributed by atoms with Gasteiger partial charge in [-0.3, -0.25) is 0 Å². The van der Waals surface area contributed by atoms with Gasteiger partial charge in [0.15, 0.2) is 5.82 Å². The van der Waals surface area contributed by atoms with Crippen LogP contribution in [0.1, 0.15) is 0 Å². The quantitative estimate of drug-likeness (QED) is 0.186. The van der Waals surface area contributed by atoms with Gasteiger partial charge in [-0.15, -0.1) is 0 Å². The summed E-state index contributed by atoms with van der Waals surface area (Å²) in [6.07, 6.45) is 0. The standard InChI is InChI=1S/C48H30N2O/c1-2-11-31(12-3-1)37-26-38(35-23-24-47-43(29-35)41-18-8-9-20-46(41)51-47)28-39(27-37)45-30-44(36-22-21-32-13-4-5-15-34(32)25-36)49-48(50-45)42-19-10-16-33-14-6-7-17-40(33)42/h1-30H. The second-order valence-electron chi connectivity index (χ2n) is 13.0. The van der Waals surface area contributed by atoms with Gasteiger partial charge in [0.25, 0.3) is 0 Å². The summed E-state index contributed by atoms with van der Waals surface area (Å²) in [5.74, 6) is 0.699. The third-order valence-corrected chi connectivity index (χ3v) is 9.85. The van der Waals surface area contributed by atoms with E-state index in [1.807, 2.05) is 12.1 Å². The van der Waals surface area contributed by atoms with Gasteiger partial charge in [0, 0.05) is 27.5 Å². The first kappa shape index (κ1) is 29.1. The minimum absolute atomic E-state index is 0.699. The Morgan fingerprint density at radius 3 is 1.80 bits per heavy atom. The van der Waals surface area contributed by atoms with E-state index in [1.165, 1.54) is 10.8 Å². The molecule has 0 aliphatic rings. The highest BCUT2D eigenvalue weighted by Gasteiger charge is 2.16. The van der Waals surface area contributed by atoms with Crippen molar-refractivity contribution in [3.63, 3.8) is 0 Å². The van der Waals surface area contributed by atoms with Crippen molar-refractivity contribution in [3.8, 4) is 56.2 Å². The van der Waals surface area contributed by atoms with E-state index < -0.39 is 0 Å². The fourth-order valence-electron chi connectivity index (χ4n) is 7.28. The molecule has 238 valence electrons. The van der Waals surface area contributed by atoms with Crippen molar-refractivity contribution in [1.29, 1.82) is 0 Å². The molecule has 0 radical (unpaired) electrons. The van der Waals surface area contributed by atoms with E-state index in [9.17, 15) is 0 Å². The molecule has 0 saturated heterocycles. The first-order valence-electron chi connectivity index (χ1n) is 17.2. The first-order chi connectivity index (χ1) is 25.2. The molecule has 2 heterocycles. The molecular weight excluding hydrogens is 621 g/mol. The van der Waals surface area contributed by atoms with E-state index in [0.29, 0.717) is 5.82 Å². The molecule has 0 bridgehead atoms. The van der Waals surface area contributed by atoms with Gasteiger partial charge in [0.05, 0.1) is 11.4 Å². The predicted octanol–water partition coefficient (Wildman–Crippen LogP) is 13.0. The molecule has 3 nitrogen and oxygen atoms in total. The number of aromatic nitrogens is 2. The predicted molar refractivity (Wildman–Crippen MR) is 212 cm³/mol. The lowest BCUT2D eigenvalue weighted by Crippen LogP contribution is -1.97. The summed E-state index contributed by atoms with van der Waals surface area (Å²) in [6.45, 7) is 0. The lowest BCUT2D eigenvalue weighted by molar-refractivity contribution is 0.669. The van der Waals surface area contributed by atoms with Crippen LogP contribution < -0.4 is 0 Å². The second-order valence-corrected chi connectivity index (χ2v) is 13.0. The molecule has 0 atom stereocenters. The zero-order chi connectivity index (χ0) is 33.7. The van der Waals surface area contributed by atoms with Crippen LogP contribution in [0.5, 0.6) is 0 Å². The minimum atomic E-state index is 0.699. The van der Waals surface area contributed by atoms with E-state index in [1.54, 1.807) is 0 Å². The van der Waals surface area contributed by atoms with Crippen LogP contribution in [0, 0.1) is 0 Å². The van der Waals surface area contributed by atoms with Crippen LogP contribution in [0.4, 0.5) is 0 Å². The summed E-state index contributed by atoms with van der Waals surface area (Å²) in [6, 6.07) is 64.0. The number of rotatable bonds is 5. The molecule has 10 aromatic rings. The fraction of sp³-hybridized carbons (Fsp3) is 0. The molecule has 2 aromatic heterocycles. The van der Waals surface area contributed by atoms with Crippen molar-refractivity contribution in [2.24, 2.45) is 0 Å². The number of benzene rings is 8. The Morgan fingerprint density at radius 1 is 0.314 bits per heavy atom. The molecule has 0 fully saturated rings. The van der Waals surface area contributed by atoms with Crippen LogP contribution in [0.3, 0.4) is 0 Å². The summed E-state index contributed by atoms with van der Waals surface area (Å²) >= 11 is 0. The van der Waals surface area contributed by atoms with Crippen molar-refractivity contribution < 1.29 is 4.42 Å². The van der Waals surface area contributed by atoms with Crippen LogP contribution in [-0.4, -0.2) is 9.97 Å². The van der Waals surface area contributed by atoms with Gasteiger partial charge < -0.3 is 4.42 Å². The average Bonchev–Trinajstić information content (AvgIpc) is 3.58. The van der Waals surface area contributed by atoms with E-state index in [2.05, 4.69) is 170 Å². The number of hydrogen-bond donors (Lipinski definition) is 0. The third-order valence-electron chi connectivity index (χ3n) is 9.85. The molecule has 0 spiro atoms. The van der Waals surface area contributed by atoms with Gasteiger partial charge in [-0.05, 0) is 92.3 Å². The minimum Gasteiger partial charge on any atom is -0.456 e. The largest absolute Gasteiger partial charge is 0.456 e. The van der Waals surface area contributed by atoms with Crippen LogP contribution >= 0.6 is 0 Å². The highest BCUT2D eigenvalue weighted by Crippen LogP contribution is 2.38. The maximum absolute atomic E-state index is 6.18. The third kappa shape index (κ3) is 5.24. The zero-order valence-electron chi connectivity index (χ0n) is 27.6. The number of nitrogens with zero attached hydrogens (tertiary/aromatic N) is 2. The molecule has 3 heteroatoms. The average molecular weight is 651 g/mol. The van der Waals surface area contributed by atoms with Crippen molar-refractivity contribution >= 4 is 43.5 Å². The molecule has 51 heavy (non-hydrogen) atoms. The molecule has 0 aliphatic heterocycles. The van der Waals surface area contributed by atoms with Crippen LogP contribution in [0.25, 0.3) is 99.6 Å². The number of hydrogen-bond acceptors (Lipinski definition) is 3. The Kier molecular flexibility index (Phi) is 6.81. The van der Waals surface area contributed by atoms with E-state index in [-0.39, 0.29) is 0 Å². The lowest BCUT2D eigenvalue weighted by atomic mass is 9.93. The molecule has 10 rings (SSSR count). The summed E-state index contributed by atoms with van der Waals surface area (Å²) in [7, 11) is 0. The molecule has 0 unspecified atom stereocenters. The highest BCUT2D eigenvalue weighted by atomic mass is 16.3. The summed E-state index contributed by atoms with van der Waals surface area (Å²) < 4.78 is 6.18. The monoisotopic (exact) mass is 650 g/mol. The molecule has 0 N–H and O–H groups in total. The molecular formula is C48H30N2O. The van der Waals surface area contributed by atoms with Gasteiger partial charge in [-0.25, -0.2) is 9.97 Å². The number of fused-ring (bicyclic) bond motifs is 5. The number of para-hydroxylation sites is 1. The van der Waals surface area contributed by atoms with Crippen molar-refractivity contribution in [1.82, 2.24) is 9.97 Å². The smallest absolute Gasteiger partial charge is 0.161 e. The molecule has 8 aromatic carbocycles. The lowest BCUT2D eigenvalue weighted by Gasteiger charge is -2.14. The Hall–Kier alpha value is -6.84. The Balaban J connectivity index is 1.22. The Labute approximate surface area is 295 Å². The fourth-order valence-corrected chi connectivity index (χ4v) is 7.28. The maximum atomic E-state index is 6.18. The molecule has 0 saturated carbocycles. The molecule has 0 amide bonds. The van der Waals surface area contributed by atoms with Gasteiger partial charge >= 0.3 is 0 Å². The van der Waals surface area contributed by atoms with Crippen molar-refractivity contribution in [2.45, 2.75) is 0 Å². The first-order valence-corrected chi connectivity index (χ1v) is 17.2. The van der Waals surface area contributed by atoms with Gasteiger partial charge in [0.1, 0.15) is 11.2 Å². The van der Waals surface area contributed by atoms with Gasteiger partial charge in [0.2, 0.25) is 0 Å². The van der Waals surface area contributed by atoms with E-state index in [0.717, 1.165) is 83.0 Å². The van der Waals surface area contributed by atoms with Gasteiger partial charge in [-0.1, -0.05) is 133 Å². The van der Waals surface area contributed by atoms with Crippen molar-refractivity contribution in [2.75, 3.05) is 0 Å². The van der Waals surface area contributed by atoms with Crippen molar-refractivity contribution in [3.05, 3.63) is 182 Å². The van der Waals surface area contributed by atoms with Crippen LogP contribution in [0.15, 0.2) is 186 Å². The number of furan rings is 1. The SMILES string of the molecule is c1ccc(-c2cc(-c3ccc4oc5ccccc5c4c3)cc(-c3cc(-c4ccc5ccccc5c4)nc(-c4cccc5ccccc45)n3)c2)cc1. The summed E-state index contributed by atoms with van der Waals surface area (Å²) in [4.78, 5) is 10.6. The van der Waals surface area contributed by atoms with Crippen LogP contribution in [-0.2, 0) is 0 Å². The van der Waals surface area contributed by atoms with Gasteiger partial charge in [-0.2, -0.15) is 0 Å². The Bertz CT molecular complexity index is 2920. The Morgan fingerprint density at radius 2 is 0.941 bits per heavy atom. The second kappa shape index (κ2) is 11.9. The topological polar surface area (TPSA) is 38.9 Å².